The van der Waals surface area contributed by atoms with Crippen LogP contribution in [0.25, 0.3) is 11.0 Å². The van der Waals surface area contributed by atoms with Crippen LogP contribution in [-0.2, 0) is 0 Å². The summed E-state index contributed by atoms with van der Waals surface area (Å²) in [6.45, 7) is 6.35. The fourth-order valence-electron chi connectivity index (χ4n) is 3.09. The number of nitrogens with zero attached hydrogens (tertiary/aromatic N) is 2. The van der Waals surface area contributed by atoms with Gasteiger partial charge in [-0.25, -0.2) is 9.97 Å². The molecule has 2 aromatic carbocycles. The van der Waals surface area contributed by atoms with Crippen LogP contribution in [0, 0.1) is 6.92 Å². The summed E-state index contributed by atoms with van der Waals surface area (Å²) in [5.74, 6) is 0.635. The highest BCUT2D eigenvalue weighted by molar-refractivity contribution is 7.99. The van der Waals surface area contributed by atoms with E-state index in [1.54, 1.807) is 30.1 Å². The smallest absolute Gasteiger partial charge is 0.161 e. The molecule has 2 heterocycles. The van der Waals surface area contributed by atoms with E-state index in [1.807, 2.05) is 18.2 Å². The van der Waals surface area contributed by atoms with Crippen molar-refractivity contribution in [3.63, 3.8) is 0 Å². The first kappa shape index (κ1) is 19.3. The van der Waals surface area contributed by atoms with Crippen LogP contribution in [0.4, 0.5) is 11.4 Å². The van der Waals surface area contributed by atoms with Gasteiger partial charge in [-0.1, -0.05) is 31.7 Å². The molecule has 0 saturated carbocycles. The molecule has 0 aliphatic heterocycles. The molecule has 29 heavy (non-hydrogen) atoms. The van der Waals surface area contributed by atoms with E-state index in [2.05, 4.69) is 61.4 Å². The van der Waals surface area contributed by atoms with Crippen molar-refractivity contribution in [2.75, 3.05) is 5.32 Å². The molecule has 4 aromatic rings. The van der Waals surface area contributed by atoms with Gasteiger partial charge in [0.25, 0.3) is 0 Å². The highest BCUT2D eigenvalue weighted by atomic mass is 32.2. The van der Waals surface area contributed by atoms with Crippen molar-refractivity contribution in [2.45, 2.75) is 36.5 Å². The van der Waals surface area contributed by atoms with Gasteiger partial charge in [-0.15, -0.1) is 0 Å². The molecule has 146 valence electrons. The minimum absolute atomic E-state index is 0.271. The van der Waals surface area contributed by atoms with Crippen LogP contribution in [0.2, 0.25) is 0 Å². The maximum atomic E-state index is 9.53. The minimum atomic E-state index is 0.271. The first-order valence-corrected chi connectivity index (χ1v) is 10.4. The second-order valence-electron chi connectivity index (χ2n) is 7.34. The maximum Gasteiger partial charge on any atom is 0.161 e. The van der Waals surface area contributed by atoms with Crippen LogP contribution < -0.4 is 5.32 Å². The first-order chi connectivity index (χ1) is 14.0. The molecule has 0 atom stereocenters. The molecule has 2 aromatic heterocycles. The Balaban J connectivity index is 1.70. The van der Waals surface area contributed by atoms with Gasteiger partial charge in [0.15, 0.2) is 5.65 Å². The average Bonchev–Trinajstić information content (AvgIpc) is 2.71. The molecule has 0 fully saturated rings. The minimum Gasteiger partial charge on any atom is -0.508 e. The number of hydrogen-bond donors (Lipinski definition) is 2. The lowest BCUT2D eigenvalue weighted by Crippen LogP contribution is -1.98. The van der Waals surface area contributed by atoms with Gasteiger partial charge in [-0.05, 0) is 73.0 Å². The van der Waals surface area contributed by atoms with Gasteiger partial charge in [-0.2, -0.15) is 0 Å². The van der Waals surface area contributed by atoms with Crippen LogP contribution in [0.1, 0.15) is 31.0 Å². The number of nitrogens with one attached hydrogen (secondary N) is 1. The number of pyridine rings is 2. The number of benzene rings is 2. The van der Waals surface area contributed by atoms with Crippen LogP contribution >= 0.6 is 11.8 Å². The summed E-state index contributed by atoms with van der Waals surface area (Å²) in [4.78, 5) is 11.4. The summed E-state index contributed by atoms with van der Waals surface area (Å²) in [6, 6.07) is 19.8. The Morgan fingerprint density at radius 1 is 0.931 bits per heavy atom. The third-order valence-electron chi connectivity index (χ3n) is 4.69. The summed E-state index contributed by atoms with van der Waals surface area (Å²) < 4.78 is 0. The first-order valence-electron chi connectivity index (χ1n) is 9.60. The number of phenolic OH excluding ortho intramolecular Hbond substituents is 1. The Labute approximate surface area is 175 Å². The normalized spacial score (nSPS) is 11.2. The Hall–Kier alpha value is -3.05. The van der Waals surface area contributed by atoms with Crippen LogP contribution in [-0.4, -0.2) is 15.1 Å². The van der Waals surface area contributed by atoms with E-state index in [1.165, 1.54) is 5.56 Å². The van der Waals surface area contributed by atoms with E-state index in [0.717, 1.165) is 37.9 Å². The molecule has 0 unspecified atom stereocenters. The van der Waals surface area contributed by atoms with Gasteiger partial charge < -0.3 is 10.4 Å². The Bertz CT molecular complexity index is 1160. The van der Waals surface area contributed by atoms with Crippen molar-refractivity contribution in [1.29, 1.82) is 0 Å². The fourth-order valence-corrected chi connectivity index (χ4v) is 3.97. The van der Waals surface area contributed by atoms with Crippen LogP contribution in [0.15, 0.2) is 76.7 Å². The Kier molecular flexibility index (Phi) is 5.41. The number of aromatic hydroxyl groups is 1. The molecule has 0 spiro atoms. The van der Waals surface area contributed by atoms with Crippen molar-refractivity contribution >= 4 is 34.2 Å². The summed E-state index contributed by atoms with van der Waals surface area (Å²) in [7, 11) is 0. The summed E-state index contributed by atoms with van der Waals surface area (Å²) in [5.41, 5.74) is 4.99. The number of fused-ring (bicyclic) bond motifs is 1. The number of hydrogen-bond acceptors (Lipinski definition) is 5. The topological polar surface area (TPSA) is 58.0 Å². The number of anilines is 2. The van der Waals surface area contributed by atoms with E-state index in [0.29, 0.717) is 5.92 Å². The van der Waals surface area contributed by atoms with Gasteiger partial charge in [-0.3, -0.25) is 0 Å². The fraction of sp³-hybridized carbons (Fsp3) is 0.167. The van der Waals surface area contributed by atoms with Gasteiger partial charge in [0.05, 0.1) is 11.4 Å². The van der Waals surface area contributed by atoms with Crippen molar-refractivity contribution in [1.82, 2.24) is 9.97 Å². The number of phenols is 1. The lowest BCUT2D eigenvalue weighted by atomic mass is 10.1. The molecule has 0 saturated heterocycles. The molecular weight excluding hydrogens is 378 g/mol. The standard InChI is InChI=1S/C24H23N3OS/c1-15(2)20-10-9-19-21(12-13-25-24(19)27-20)26-22-14-16(3)4-11-23(22)29-18-7-5-17(28)6-8-18/h4-15,28H,1-3H3,(H,25,26,27). The van der Waals surface area contributed by atoms with Crippen molar-refractivity contribution in [3.05, 3.63) is 78.1 Å². The number of rotatable bonds is 5. The van der Waals surface area contributed by atoms with Crippen LogP contribution in [0.3, 0.4) is 0 Å². The zero-order valence-electron chi connectivity index (χ0n) is 16.7. The maximum absolute atomic E-state index is 9.53. The molecule has 0 bridgehead atoms. The lowest BCUT2D eigenvalue weighted by molar-refractivity contribution is 0.475. The molecule has 0 aliphatic carbocycles. The second kappa shape index (κ2) is 8.13. The van der Waals surface area contributed by atoms with Gasteiger partial charge >= 0.3 is 0 Å². The van der Waals surface area contributed by atoms with E-state index >= 15 is 0 Å². The SMILES string of the molecule is Cc1ccc(Sc2ccc(O)cc2)c(Nc2ccnc3nc(C(C)C)ccc23)c1. The van der Waals surface area contributed by atoms with E-state index in [9.17, 15) is 5.11 Å². The highest BCUT2D eigenvalue weighted by Crippen LogP contribution is 2.37. The Morgan fingerprint density at radius 2 is 1.72 bits per heavy atom. The van der Waals surface area contributed by atoms with E-state index < -0.39 is 0 Å². The zero-order valence-corrected chi connectivity index (χ0v) is 17.5. The third-order valence-corrected chi connectivity index (χ3v) is 5.77. The molecule has 5 heteroatoms. The zero-order chi connectivity index (χ0) is 20.4. The quantitative estimate of drug-likeness (QED) is 0.391. The van der Waals surface area contributed by atoms with Crippen molar-refractivity contribution in [2.24, 2.45) is 0 Å². The van der Waals surface area contributed by atoms with Gasteiger partial charge in [0.1, 0.15) is 5.75 Å². The summed E-state index contributed by atoms with van der Waals surface area (Å²) in [5, 5.41) is 14.1. The molecule has 4 nitrogen and oxygen atoms in total. The monoisotopic (exact) mass is 401 g/mol. The largest absolute Gasteiger partial charge is 0.508 e. The number of aromatic nitrogens is 2. The van der Waals surface area contributed by atoms with E-state index in [4.69, 9.17) is 4.98 Å². The van der Waals surface area contributed by atoms with E-state index in [-0.39, 0.29) is 5.75 Å². The molecule has 2 N–H and O–H groups in total. The summed E-state index contributed by atoms with van der Waals surface area (Å²) in [6.07, 6.45) is 1.80. The van der Waals surface area contributed by atoms with Crippen LogP contribution in [0.5, 0.6) is 5.75 Å². The highest BCUT2D eigenvalue weighted by Gasteiger charge is 2.10. The second-order valence-corrected chi connectivity index (χ2v) is 8.46. The van der Waals surface area contributed by atoms with Gasteiger partial charge in [0, 0.05) is 27.1 Å². The predicted molar refractivity (Wildman–Crippen MR) is 120 cm³/mol. The number of aryl methyl sites for hydroxylation is 1. The van der Waals surface area contributed by atoms with Crippen molar-refractivity contribution < 1.29 is 5.11 Å². The molecule has 4 rings (SSSR count). The summed E-state index contributed by atoms with van der Waals surface area (Å²) >= 11 is 1.66. The molecular formula is C24H23N3OS. The Morgan fingerprint density at radius 3 is 2.48 bits per heavy atom. The molecule has 0 radical (unpaired) electrons. The average molecular weight is 402 g/mol. The molecule has 0 aliphatic rings. The van der Waals surface area contributed by atoms with Crippen molar-refractivity contribution in [3.8, 4) is 5.75 Å². The lowest BCUT2D eigenvalue weighted by Gasteiger charge is -2.15. The predicted octanol–water partition coefficient (Wildman–Crippen LogP) is 6.66. The van der Waals surface area contributed by atoms with Gasteiger partial charge in [0.2, 0.25) is 0 Å². The molecule has 0 amide bonds. The third kappa shape index (κ3) is 4.35.